The van der Waals surface area contributed by atoms with Gasteiger partial charge in [-0.2, -0.15) is 0 Å². The number of nitrogens with one attached hydrogen (secondary N) is 2. The molecule has 9 nitrogen and oxygen atoms in total. The zero-order chi connectivity index (χ0) is 25.6. The van der Waals surface area contributed by atoms with E-state index in [2.05, 4.69) is 10.6 Å². The van der Waals surface area contributed by atoms with E-state index in [9.17, 15) is 24.0 Å². The zero-order valence-electron chi connectivity index (χ0n) is 19.1. The Morgan fingerprint density at radius 1 is 1.09 bits per heavy atom. The van der Waals surface area contributed by atoms with Gasteiger partial charge in [0, 0.05) is 19.2 Å². The highest BCUT2D eigenvalue weighted by atomic mass is 35.5. The Morgan fingerprint density at radius 2 is 1.71 bits per heavy atom. The Balaban J connectivity index is 2.17. The maximum absolute atomic E-state index is 12.9. The number of Topliss-reactive ketones (excluding diaryl/α,β-unsaturated/α-hetero) is 2. The van der Waals surface area contributed by atoms with Gasteiger partial charge in [-0.25, -0.2) is 4.79 Å². The second-order valence-electron chi connectivity index (χ2n) is 7.60. The highest BCUT2D eigenvalue weighted by Gasteiger charge is 2.28. The molecule has 1 heterocycles. The standard InChI is InChI=1S/C23H25Cl2N3O6/c1-12-8-9-17(26-4)22(32)28(12)14(3)21(31)27-18(10-13(2)29)19(30)11-34-23(33)20-15(24)6-5-7-16(20)25/h5-9,14,18,26H,10-11H2,1-4H3,(H,27,31). The molecule has 1 amide bonds. The van der Waals surface area contributed by atoms with Gasteiger partial charge in [-0.15, -0.1) is 0 Å². The fourth-order valence-electron chi connectivity index (χ4n) is 3.26. The Morgan fingerprint density at radius 3 is 2.26 bits per heavy atom. The lowest BCUT2D eigenvalue weighted by atomic mass is 10.1. The van der Waals surface area contributed by atoms with Gasteiger partial charge in [-0.05, 0) is 45.0 Å². The molecule has 2 aromatic rings. The lowest BCUT2D eigenvalue weighted by Gasteiger charge is -2.22. The number of esters is 1. The summed E-state index contributed by atoms with van der Waals surface area (Å²) in [6.07, 6.45) is -0.313. The number of halogens is 2. The number of carbonyl (C=O) groups is 4. The van der Waals surface area contributed by atoms with E-state index >= 15 is 0 Å². The number of amides is 1. The SMILES string of the molecule is CNc1ccc(C)n(C(C)C(=O)NC(CC(C)=O)C(=O)COC(=O)c2c(Cl)cccc2Cl)c1=O. The zero-order valence-corrected chi connectivity index (χ0v) is 20.6. The minimum absolute atomic E-state index is 0.0528. The molecule has 0 saturated carbocycles. The van der Waals surface area contributed by atoms with Crippen LogP contribution in [0.5, 0.6) is 0 Å². The lowest BCUT2D eigenvalue weighted by molar-refractivity contribution is -0.132. The molecule has 2 unspecified atom stereocenters. The van der Waals surface area contributed by atoms with Gasteiger partial charge in [0.15, 0.2) is 12.4 Å². The van der Waals surface area contributed by atoms with Gasteiger partial charge in [0.05, 0.1) is 21.7 Å². The van der Waals surface area contributed by atoms with Gasteiger partial charge in [0.2, 0.25) is 5.91 Å². The van der Waals surface area contributed by atoms with Crippen LogP contribution in [0.3, 0.4) is 0 Å². The minimum atomic E-state index is -1.26. The molecule has 0 bridgehead atoms. The first-order chi connectivity index (χ1) is 16.0. The largest absolute Gasteiger partial charge is 0.454 e. The molecule has 1 aromatic carbocycles. The molecule has 0 aliphatic heterocycles. The molecule has 34 heavy (non-hydrogen) atoms. The normalized spacial score (nSPS) is 12.4. The summed E-state index contributed by atoms with van der Waals surface area (Å²) in [5.41, 5.74) is 0.321. The van der Waals surface area contributed by atoms with Gasteiger partial charge in [-0.1, -0.05) is 29.3 Å². The smallest absolute Gasteiger partial charge is 0.341 e. The first kappa shape index (κ1) is 27.1. The number of ether oxygens (including phenoxy) is 1. The predicted molar refractivity (Wildman–Crippen MR) is 129 cm³/mol. The number of ketones is 2. The summed E-state index contributed by atoms with van der Waals surface area (Å²) in [6.45, 7) is 3.71. The maximum atomic E-state index is 12.9. The highest BCUT2D eigenvalue weighted by molar-refractivity contribution is 6.39. The van der Waals surface area contributed by atoms with Crippen LogP contribution in [0.2, 0.25) is 10.0 Å². The van der Waals surface area contributed by atoms with E-state index < -0.39 is 41.9 Å². The summed E-state index contributed by atoms with van der Waals surface area (Å²) in [4.78, 5) is 62.3. The number of rotatable bonds is 10. The Kier molecular flexibility index (Phi) is 9.40. The van der Waals surface area contributed by atoms with Crippen LogP contribution >= 0.6 is 23.2 Å². The molecule has 1 aromatic heterocycles. The van der Waals surface area contributed by atoms with Crippen molar-refractivity contribution in [2.45, 2.75) is 39.3 Å². The van der Waals surface area contributed by atoms with Crippen molar-refractivity contribution < 1.29 is 23.9 Å². The topological polar surface area (TPSA) is 124 Å². The van der Waals surface area contributed by atoms with E-state index in [-0.39, 0.29) is 27.8 Å². The first-order valence-corrected chi connectivity index (χ1v) is 11.1. The van der Waals surface area contributed by atoms with Crippen molar-refractivity contribution in [1.29, 1.82) is 0 Å². The van der Waals surface area contributed by atoms with Crippen LogP contribution in [0.4, 0.5) is 5.69 Å². The van der Waals surface area contributed by atoms with Crippen LogP contribution < -0.4 is 16.2 Å². The molecule has 2 N–H and O–H groups in total. The number of hydrogen-bond donors (Lipinski definition) is 2. The number of benzene rings is 1. The third-order valence-electron chi connectivity index (χ3n) is 5.07. The number of aryl methyl sites for hydroxylation is 1. The molecular weight excluding hydrogens is 485 g/mol. The fourth-order valence-corrected chi connectivity index (χ4v) is 3.81. The quantitative estimate of drug-likeness (QED) is 0.471. The van der Waals surface area contributed by atoms with E-state index in [1.807, 2.05) is 0 Å². The van der Waals surface area contributed by atoms with Crippen LogP contribution in [0, 0.1) is 6.92 Å². The lowest BCUT2D eigenvalue weighted by Crippen LogP contribution is -2.47. The molecule has 11 heteroatoms. The number of pyridine rings is 1. The van der Waals surface area contributed by atoms with Crippen LogP contribution in [0.25, 0.3) is 0 Å². The molecule has 0 saturated heterocycles. The van der Waals surface area contributed by atoms with Gasteiger partial charge in [0.1, 0.15) is 17.5 Å². The van der Waals surface area contributed by atoms with E-state index in [4.69, 9.17) is 27.9 Å². The van der Waals surface area contributed by atoms with Crippen molar-refractivity contribution in [3.8, 4) is 0 Å². The average Bonchev–Trinajstić information content (AvgIpc) is 2.76. The van der Waals surface area contributed by atoms with Crippen LogP contribution in [0.1, 0.15) is 42.4 Å². The number of nitrogens with zero attached hydrogens (tertiary/aromatic N) is 1. The molecule has 2 rings (SSSR count). The number of anilines is 1. The summed E-state index contributed by atoms with van der Waals surface area (Å²) < 4.78 is 6.30. The average molecular weight is 510 g/mol. The van der Waals surface area contributed by atoms with E-state index in [1.54, 1.807) is 32.2 Å². The van der Waals surface area contributed by atoms with Crippen molar-refractivity contribution in [2.75, 3.05) is 19.0 Å². The van der Waals surface area contributed by atoms with Crippen molar-refractivity contribution in [1.82, 2.24) is 9.88 Å². The summed E-state index contributed by atoms with van der Waals surface area (Å²) in [5, 5.41) is 5.36. The number of carbonyl (C=O) groups excluding carboxylic acids is 4. The second-order valence-corrected chi connectivity index (χ2v) is 8.41. The Labute approximate surface area is 206 Å². The summed E-state index contributed by atoms with van der Waals surface area (Å²) in [5.74, 6) is -2.65. The van der Waals surface area contributed by atoms with Crippen molar-refractivity contribution >= 4 is 52.3 Å². The molecule has 0 radical (unpaired) electrons. The van der Waals surface area contributed by atoms with Gasteiger partial charge < -0.3 is 15.4 Å². The molecule has 0 fully saturated rings. The molecule has 182 valence electrons. The molecule has 0 aliphatic rings. The highest BCUT2D eigenvalue weighted by Crippen LogP contribution is 2.25. The maximum Gasteiger partial charge on any atom is 0.341 e. The molecule has 0 spiro atoms. The monoisotopic (exact) mass is 509 g/mol. The van der Waals surface area contributed by atoms with Crippen LogP contribution in [0.15, 0.2) is 35.1 Å². The van der Waals surface area contributed by atoms with Gasteiger partial charge >= 0.3 is 5.97 Å². The molecule has 0 aliphatic carbocycles. The van der Waals surface area contributed by atoms with Crippen molar-refractivity contribution in [3.63, 3.8) is 0 Å². The van der Waals surface area contributed by atoms with Crippen LogP contribution in [-0.4, -0.2) is 47.7 Å². The minimum Gasteiger partial charge on any atom is -0.454 e. The van der Waals surface area contributed by atoms with Gasteiger partial charge in [-0.3, -0.25) is 23.7 Å². The summed E-state index contributed by atoms with van der Waals surface area (Å²) in [7, 11) is 1.58. The third-order valence-corrected chi connectivity index (χ3v) is 5.70. The van der Waals surface area contributed by atoms with E-state index in [0.717, 1.165) is 0 Å². The summed E-state index contributed by atoms with van der Waals surface area (Å²) in [6, 6.07) is 5.47. The number of aromatic nitrogens is 1. The number of hydrogen-bond acceptors (Lipinski definition) is 7. The van der Waals surface area contributed by atoms with Crippen molar-refractivity contribution in [2.24, 2.45) is 0 Å². The predicted octanol–water partition coefficient (Wildman–Crippen LogP) is 2.96. The van der Waals surface area contributed by atoms with Gasteiger partial charge in [0.25, 0.3) is 5.56 Å². The molecular formula is C23H25Cl2N3O6. The van der Waals surface area contributed by atoms with E-state index in [0.29, 0.717) is 11.4 Å². The molecule has 2 atom stereocenters. The second kappa shape index (κ2) is 11.8. The van der Waals surface area contributed by atoms with E-state index in [1.165, 1.54) is 30.5 Å². The van der Waals surface area contributed by atoms with Crippen molar-refractivity contribution in [3.05, 3.63) is 62.0 Å². The Hall–Kier alpha value is -3.17. The Bertz CT molecular complexity index is 1160. The first-order valence-electron chi connectivity index (χ1n) is 10.3. The summed E-state index contributed by atoms with van der Waals surface area (Å²) >= 11 is 12.0. The third kappa shape index (κ3) is 6.45. The van der Waals surface area contributed by atoms with Crippen LogP contribution in [-0.2, 0) is 19.1 Å². The fraction of sp³-hybridized carbons (Fsp3) is 0.348.